The maximum absolute atomic E-state index is 3.74. The van der Waals surface area contributed by atoms with Crippen molar-refractivity contribution < 1.29 is 0 Å². The third-order valence-electron chi connectivity index (χ3n) is 2.07. The van der Waals surface area contributed by atoms with Crippen molar-refractivity contribution in [1.29, 1.82) is 0 Å². The first kappa shape index (κ1) is 8.57. The zero-order valence-electron chi connectivity index (χ0n) is 7.20. The van der Waals surface area contributed by atoms with Crippen molar-refractivity contribution in [2.24, 2.45) is 0 Å². The van der Waals surface area contributed by atoms with Crippen LogP contribution >= 0.6 is 15.9 Å². The fourth-order valence-electron chi connectivity index (χ4n) is 1.51. The largest absolute Gasteiger partial charge is 0.343 e. The van der Waals surface area contributed by atoms with E-state index in [4.69, 9.17) is 0 Å². The Balaban J connectivity index is 2.70. The number of nitrogens with zero attached hydrogens (tertiary/aromatic N) is 1. The van der Waals surface area contributed by atoms with Gasteiger partial charge in [0.2, 0.25) is 0 Å². The fraction of sp³-hybridized carbons (Fsp3) is 0.0909. The highest BCUT2D eigenvalue weighted by Gasteiger charge is 2.02. The van der Waals surface area contributed by atoms with Gasteiger partial charge in [0, 0.05) is 22.6 Å². The van der Waals surface area contributed by atoms with Crippen LogP contribution in [-0.2, 0) is 6.54 Å². The maximum Gasteiger partial charge on any atom is 0.0627 e. The third kappa shape index (κ3) is 1.42. The number of halogens is 1. The van der Waals surface area contributed by atoms with Gasteiger partial charge in [0.15, 0.2) is 0 Å². The summed E-state index contributed by atoms with van der Waals surface area (Å²) in [6, 6.07) is 8.33. The van der Waals surface area contributed by atoms with Crippen molar-refractivity contribution in [1.82, 2.24) is 4.57 Å². The number of fused-ring (bicyclic) bond motifs is 1. The minimum absolute atomic E-state index is 0.853. The van der Waals surface area contributed by atoms with Crippen LogP contribution in [0, 0.1) is 0 Å². The highest BCUT2D eigenvalue weighted by atomic mass is 79.9. The summed E-state index contributed by atoms with van der Waals surface area (Å²) in [5, 5.41) is 1.26. The summed E-state index contributed by atoms with van der Waals surface area (Å²) >= 11 is 3.54. The monoisotopic (exact) mass is 235 g/mol. The maximum atomic E-state index is 3.74. The number of benzene rings is 1. The molecule has 0 aliphatic heterocycles. The smallest absolute Gasteiger partial charge is 0.0627 e. The first-order chi connectivity index (χ1) is 6.33. The van der Waals surface area contributed by atoms with E-state index in [0.29, 0.717) is 0 Å². The van der Waals surface area contributed by atoms with Crippen LogP contribution in [0.1, 0.15) is 0 Å². The van der Waals surface area contributed by atoms with Crippen molar-refractivity contribution in [3.05, 3.63) is 47.6 Å². The topological polar surface area (TPSA) is 4.93 Å². The molecule has 1 nitrogen and oxygen atoms in total. The molecule has 0 fully saturated rings. The van der Waals surface area contributed by atoms with Crippen LogP contribution in [0.4, 0.5) is 0 Å². The van der Waals surface area contributed by atoms with Crippen LogP contribution in [-0.4, -0.2) is 4.57 Å². The Morgan fingerprint density at radius 2 is 2.23 bits per heavy atom. The Hall–Kier alpha value is -1.02. The lowest BCUT2D eigenvalue weighted by atomic mass is 10.2. The average molecular weight is 236 g/mol. The highest BCUT2D eigenvalue weighted by Crippen LogP contribution is 2.24. The first-order valence-electron chi connectivity index (χ1n) is 4.17. The number of aromatic nitrogens is 1. The predicted octanol–water partition coefficient (Wildman–Crippen LogP) is 3.59. The molecule has 0 radical (unpaired) electrons. The summed E-state index contributed by atoms with van der Waals surface area (Å²) in [5.74, 6) is 0. The van der Waals surface area contributed by atoms with E-state index in [2.05, 4.69) is 51.5 Å². The molecule has 2 aromatic rings. The van der Waals surface area contributed by atoms with Crippen molar-refractivity contribution in [3.63, 3.8) is 0 Å². The van der Waals surface area contributed by atoms with Crippen molar-refractivity contribution in [3.8, 4) is 0 Å². The van der Waals surface area contributed by atoms with Gasteiger partial charge in [-0.05, 0) is 28.1 Å². The van der Waals surface area contributed by atoms with E-state index >= 15 is 0 Å². The first-order valence-corrected chi connectivity index (χ1v) is 4.96. The van der Waals surface area contributed by atoms with Crippen LogP contribution in [0.15, 0.2) is 47.6 Å². The Labute approximate surface area is 85.8 Å². The van der Waals surface area contributed by atoms with Crippen LogP contribution in [0.3, 0.4) is 0 Å². The van der Waals surface area contributed by atoms with Gasteiger partial charge in [-0.25, -0.2) is 0 Å². The van der Waals surface area contributed by atoms with E-state index in [0.717, 1.165) is 11.0 Å². The zero-order valence-corrected chi connectivity index (χ0v) is 8.79. The quantitative estimate of drug-likeness (QED) is 0.702. The van der Waals surface area contributed by atoms with Crippen LogP contribution in [0.5, 0.6) is 0 Å². The van der Waals surface area contributed by atoms with Crippen LogP contribution < -0.4 is 0 Å². The lowest BCUT2D eigenvalue weighted by molar-refractivity contribution is 0.864. The molecule has 2 heteroatoms. The Bertz CT molecular complexity index is 442. The van der Waals surface area contributed by atoms with Crippen molar-refractivity contribution in [2.75, 3.05) is 0 Å². The predicted molar refractivity (Wildman–Crippen MR) is 59.8 cm³/mol. The molecule has 66 valence electrons. The minimum atomic E-state index is 0.853. The molecule has 0 saturated carbocycles. The van der Waals surface area contributed by atoms with E-state index in [1.165, 1.54) is 10.9 Å². The standard InChI is InChI=1S/C11H10BrN/c1-2-7-13-8-6-9-4-3-5-10(12)11(9)13/h2-6,8H,1,7H2. The van der Waals surface area contributed by atoms with Gasteiger partial charge in [0.25, 0.3) is 0 Å². The summed E-state index contributed by atoms with van der Waals surface area (Å²) < 4.78 is 3.31. The van der Waals surface area contributed by atoms with E-state index in [-0.39, 0.29) is 0 Å². The molecule has 1 aromatic carbocycles. The summed E-state index contributed by atoms with van der Waals surface area (Å²) in [5.41, 5.74) is 1.24. The van der Waals surface area contributed by atoms with E-state index < -0.39 is 0 Å². The van der Waals surface area contributed by atoms with Gasteiger partial charge in [-0.3, -0.25) is 0 Å². The second-order valence-electron chi connectivity index (χ2n) is 2.93. The SMILES string of the molecule is C=CCn1ccc2cccc(Br)c21. The highest BCUT2D eigenvalue weighted by molar-refractivity contribution is 9.10. The van der Waals surface area contributed by atoms with Crippen molar-refractivity contribution >= 4 is 26.8 Å². The molecule has 13 heavy (non-hydrogen) atoms. The van der Waals surface area contributed by atoms with Crippen LogP contribution in [0.2, 0.25) is 0 Å². The Morgan fingerprint density at radius 3 is 3.00 bits per heavy atom. The molecule has 0 unspecified atom stereocenters. The molecule has 1 heterocycles. The lowest BCUT2D eigenvalue weighted by Gasteiger charge is -2.02. The average Bonchev–Trinajstić information content (AvgIpc) is 2.51. The number of hydrogen-bond donors (Lipinski definition) is 0. The molecule has 1 aromatic heterocycles. The molecule has 0 bridgehead atoms. The summed E-state index contributed by atoms with van der Waals surface area (Å²) in [7, 11) is 0. The van der Waals surface area contributed by atoms with Gasteiger partial charge in [0.05, 0.1) is 5.52 Å². The van der Waals surface area contributed by atoms with Gasteiger partial charge in [-0.1, -0.05) is 18.2 Å². The Kier molecular flexibility index (Phi) is 2.23. The van der Waals surface area contributed by atoms with Gasteiger partial charge in [0.1, 0.15) is 0 Å². The van der Waals surface area contributed by atoms with Gasteiger partial charge in [-0.15, -0.1) is 6.58 Å². The lowest BCUT2D eigenvalue weighted by Crippen LogP contribution is -1.92. The van der Waals surface area contributed by atoms with Crippen LogP contribution in [0.25, 0.3) is 10.9 Å². The van der Waals surface area contributed by atoms with Crippen molar-refractivity contribution in [2.45, 2.75) is 6.54 Å². The molecular weight excluding hydrogens is 226 g/mol. The Morgan fingerprint density at radius 1 is 1.38 bits per heavy atom. The summed E-state index contributed by atoms with van der Waals surface area (Å²) in [6.07, 6.45) is 3.98. The normalized spacial score (nSPS) is 10.5. The van der Waals surface area contributed by atoms with Gasteiger partial charge >= 0.3 is 0 Å². The summed E-state index contributed by atoms with van der Waals surface area (Å²) in [4.78, 5) is 0. The molecular formula is C11H10BrN. The third-order valence-corrected chi connectivity index (χ3v) is 2.70. The molecule has 0 amide bonds. The van der Waals surface area contributed by atoms with Gasteiger partial charge in [-0.2, -0.15) is 0 Å². The zero-order chi connectivity index (χ0) is 9.26. The molecule has 2 rings (SSSR count). The fourth-order valence-corrected chi connectivity index (χ4v) is 2.11. The second kappa shape index (κ2) is 3.38. The number of allylic oxidation sites excluding steroid dienone is 1. The number of rotatable bonds is 2. The van der Waals surface area contributed by atoms with E-state index in [1.54, 1.807) is 0 Å². The molecule has 0 atom stereocenters. The number of para-hydroxylation sites is 1. The van der Waals surface area contributed by atoms with Gasteiger partial charge < -0.3 is 4.57 Å². The molecule has 0 aliphatic rings. The molecule has 0 spiro atoms. The number of hydrogen-bond acceptors (Lipinski definition) is 0. The summed E-state index contributed by atoms with van der Waals surface area (Å²) in [6.45, 7) is 4.59. The minimum Gasteiger partial charge on any atom is -0.343 e. The molecule has 0 saturated heterocycles. The molecule has 0 aliphatic carbocycles. The van der Waals surface area contributed by atoms with E-state index in [9.17, 15) is 0 Å². The molecule has 0 N–H and O–H groups in total. The second-order valence-corrected chi connectivity index (χ2v) is 3.79. The van der Waals surface area contributed by atoms with E-state index in [1.807, 2.05) is 12.1 Å².